The maximum atomic E-state index is 12.7. The molecule has 64 valence electrons. The smallest absolute Gasteiger partial charge is 0.100 e. The van der Waals surface area contributed by atoms with E-state index in [9.17, 15) is 4.39 Å². The van der Waals surface area contributed by atoms with Gasteiger partial charge in [0.05, 0.1) is 0 Å². The number of alkyl halides is 1. The van der Waals surface area contributed by atoms with Gasteiger partial charge >= 0.3 is 0 Å². The molecule has 2 heteroatoms. The molecule has 11 heavy (non-hydrogen) atoms. The van der Waals surface area contributed by atoms with Crippen LogP contribution in [0.2, 0.25) is 0 Å². The van der Waals surface area contributed by atoms with Gasteiger partial charge in [-0.2, -0.15) is 0 Å². The summed E-state index contributed by atoms with van der Waals surface area (Å²) in [5.41, 5.74) is 0. The minimum atomic E-state index is -0.507. The highest BCUT2D eigenvalue weighted by Gasteiger charge is 2.27. The van der Waals surface area contributed by atoms with Crippen molar-refractivity contribution < 1.29 is 4.39 Å². The van der Waals surface area contributed by atoms with Crippen LogP contribution < -0.4 is 5.32 Å². The Labute approximate surface area is 67.4 Å². The van der Waals surface area contributed by atoms with Gasteiger partial charge in [0, 0.05) is 12.1 Å². The van der Waals surface area contributed by atoms with Crippen LogP contribution in [-0.4, -0.2) is 18.3 Å². The molecule has 0 atom stereocenters. The maximum Gasteiger partial charge on any atom is 0.100 e. The SMILES string of the molecule is FC1CCC(NC2CC2)CC1. The van der Waals surface area contributed by atoms with Gasteiger partial charge in [-0.1, -0.05) is 0 Å². The van der Waals surface area contributed by atoms with Crippen LogP contribution in [0.15, 0.2) is 0 Å². The summed E-state index contributed by atoms with van der Waals surface area (Å²) < 4.78 is 12.7. The Morgan fingerprint density at radius 2 is 1.27 bits per heavy atom. The third-order valence-electron chi connectivity index (χ3n) is 2.71. The van der Waals surface area contributed by atoms with Crippen LogP contribution in [0.1, 0.15) is 38.5 Å². The van der Waals surface area contributed by atoms with Crippen LogP contribution in [0.3, 0.4) is 0 Å². The van der Waals surface area contributed by atoms with Crippen molar-refractivity contribution in [2.75, 3.05) is 0 Å². The highest BCUT2D eigenvalue weighted by atomic mass is 19.1. The van der Waals surface area contributed by atoms with E-state index in [1.807, 2.05) is 0 Å². The third kappa shape index (κ3) is 2.16. The van der Waals surface area contributed by atoms with E-state index in [0.29, 0.717) is 6.04 Å². The molecule has 0 unspecified atom stereocenters. The van der Waals surface area contributed by atoms with Crippen molar-refractivity contribution in [1.82, 2.24) is 5.32 Å². The molecule has 0 aromatic carbocycles. The summed E-state index contributed by atoms with van der Waals surface area (Å²) in [6, 6.07) is 1.42. The standard InChI is InChI=1S/C9H16FN/c10-7-1-3-8(4-2-7)11-9-5-6-9/h7-9,11H,1-6H2. The van der Waals surface area contributed by atoms with Crippen LogP contribution in [0.4, 0.5) is 4.39 Å². The normalized spacial score (nSPS) is 39.0. The minimum Gasteiger partial charge on any atom is -0.311 e. The number of rotatable bonds is 2. The van der Waals surface area contributed by atoms with Crippen molar-refractivity contribution in [3.63, 3.8) is 0 Å². The molecule has 0 heterocycles. The van der Waals surface area contributed by atoms with E-state index in [1.54, 1.807) is 0 Å². The molecule has 1 N–H and O–H groups in total. The van der Waals surface area contributed by atoms with Gasteiger partial charge in [0.25, 0.3) is 0 Å². The van der Waals surface area contributed by atoms with Gasteiger partial charge < -0.3 is 5.32 Å². The Balaban J connectivity index is 1.69. The van der Waals surface area contributed by atoms with Crippen LogP contribution >= 0.6 is 0 Å². The molecular weight excluding hydrogens is 141 g/mol. The van der Waals surface area contributed by atoms with Crippen molar-refractivity contribution in [1.29, 1.82) is 0 Å². The average molecular weight is 157 g/mol. The van der Waals surface area contributed by atoms with E-state index < -0.39 is 6.17 Å². The average Bonchev–Trinajstić information content (AvgIpc) is 2.78. The molecule has 1 nitrogen and oxygen atoms in total. The van der Waals surface area contributed by atoms with Crippen LogP contribution in [0.25, 0.3) is 0 Å². The molecule has 0 aliphatic heterocycles. The zero-order chi connectivity index (χ0) is 7.68. The van der Waals surface area contributed by atoms with Gasteiger partial charge in [-0.05, 0) is 38.5 Å². The van der Waals surface area contributed by atoms with Crippen molar-refractivity contribution in [3.05, 3.63) is 0 Å². The quantitative estimate of drug-likeness (QED) is 0.646. The lowest BCUT2D eigenvalue weighted by molar-refractivity contribution is 0.219. The summed E-state index contributed by atoms with van der Waals surface area (Å²) >= 11 is 0. The predicted octanol–water partition coefficient (Wildman–Crippen LogP) is 2.02. The van der Waals surface area contributed by atoms with E-state index in [1.165, 1.54) is 12.8 Å². The van der Waals surface area contributed by atoms with Crippen molar-refractivity contribution in [2.24, 2.45) is 0 Å². The van der Waals surface area contributed by atoms with Crippen molar-refractivity contribution in [3.8, 4) is 0 Å². The number of hydrogen-bond donors (Lipinski definition) is 1. The Morgan fingerprint density at radius 3 is 1.73 bits per heavy atom. The van der Waals surface area contributed by atoms with Crippen molar-refractivity contribution in [2.45, 2.75) is 56.8 Å². The molecule has 0 saturated heterocycles. The molecule has 2 fully saturated rings. The summed E-state index contributed by atoms with van der Waals surface area (Å²) in [6.45, 7) is 0. The van der Waals surface area contributed by atoms with Gasteiger partial charge in [-0.3, -0.25) is 0 Å². The summed E-state index contributed by atoms with van der Waals surface area (Å²) in [7, 11) is 0. The predicted molar refractivity (Wildman–Crippen MR) is 43.3 cm³/mol. The third-order valence-corrected chi connectivity index (χ3v) is 2.71. The monoisotopic (exact) mass is 157 g/mol. The van der Waals surface area contributed by atoms with Gasteiger partial charge in [-0.25, -0.2) is 4.39 Å². The summed E-state index contributed by atoms with van der Waals surface area (Å²) in [5.74, 6) is 0. The molecule has 2 aliphatic rings. The molecule has 0 aromatic heterocycles. The van der Waals surface area contributed by atoms with Gasteiger partial charge in [0.15, 0.2) is 0 Å². The Morgan fingerprint density at radius 1 is 0.818 bits per heavy atom. The van der Waals surface area contributed by atoms with E-state index in [2.05, 4.69) is 5.32 Å². The summed E-state index contributed by atoms with van der Waals surface area (Å²) in [4.78, 5) is 0. The lowest BCUT2D eigenvalue weighted by Crippen LogP contribution is -2.34. The van der Waals surface area contributed by atoms with Crippen molar-refractivity contribution >= 4 is 0 Å². The van der Waals surface area contributed by atoms with Gasteiger partial charge in [0.1, 0.15) is 6.17 Å². The first-order valence-electron chi connectivity index (χ1n) is 4.75. The fourth-order valence-corrected chi connectivity index (χ4v) is 1.80. The highest BCUT2D eigenvalue weighted by Crippen LogP contribution is 2.25. The highest BCUT2D eigenvalue weighted by molar-refractivity contribution is 4.87. The molecule has 0 spiro atoms. The first kappa shape index (κ1) is 7.53. The first-order chi connectivity index (χ1) is 5.34. The molecule has 2 aliphatic carbocycles. The van der Waals surface area contributed by atoms with E-state index >= 15 is 0 Å². The van der Waals surface area contributed by atoms with Gasteiger partial charge in [-0.15, -0.1) is 0 Å². The molecule has 0 bridgehead atoms. The fourth-order valence-electron chi connectivity index (χ4n) is 1.80. The lowest BCUT2D eigenvalue weighted by atomic mass is 9.94. The largest absolute Gasteiger partial charge is 0.311 e. The van der Waals surface area contributed by atoms with E-state index in [0.717, 1.165) is 31.7 Å². The Hall–Kier alpha value is -0.110. The molecular formula is C9H16FN. The van der Waals surface area contributed by atoms with Crippen LogP contribution in [0.5, 0.6) is 0 Å². The zero-order valence-corrected chi connectivity index (χ0v) is 6.85. The number of halogens is 1. The maximum absolute atomic E-state index is 12.7. The summed E-state index contributed by atoms with van der Waals surface area (Å²) in [5, 5.41) is 3.55. The van der Waals surface area contributed by atoms with Crippen LogP contribution in [0, 0.1) is 0 Å². The second-order valence-electron chi connectivity index (χ2n) is 3.89. The topological polar surface area (TPSA) is 12.0 Å². The molecule has 0 amide bonds. The molecule has 2 saturated carbocycles. The molecule has 0 aromatic rings. The summed E-state index contributed by atoms with van der Waals surface area (Å²) in [6.07, 6.45) is 5.85. The second kappa shape index (κ2) is 3.10. The number of hydrogen-bond acceptors (Lipinski definition) is 1. The van der Waals surface area contributed by atoms with Crippen LogP contribution in [-0.2, 0) is 0 Å². The van der Waals surface area contributed by atoms with E-state index in [4.69, 9.17) is 0 Å². The molecule has 2 rings (SSSR count). The molecule has 0 radical (unpaired) electrons. The Kier molecular flexibility index (Phi) is 2.12. The first-order valence-corrected chi connectivity index (χ1v) is 4.75. The number of nitrogens with one attached hydrogen (secondary N) is 1. The van der Waals surface area contributed by atoms with E-state index in [-0.39, 0.29) is 0 Å². The lowest BCUT2D eigenvalue weighted by Gasteiger charge is -2.25. The Bertz CT molecular complexity index is 126. The second-order valence-corrected chi connectivity index (χ2v) is 3.89. The minimum absolute atomic E-state index is 0.507. The fraction of sp³-hybridized carbons (Fsp3) is 1.00. The zero-order valence-electron chi connectivity index (χ0n) is 6.85. The van der Waals surface area contributed by atoms with Gasteiger partial charge in [0.2, 0.25) is 0 Å².